The number of nitrogens with one attached hydrogen (secondary N) is 1. The van der Waals surface area contributed by atoms with E-state index in [1.54, 1.807) is 6.20 Å². The number of nitro groups is 1. The molecule has 0 unspecified atom stereocenters. The second-order valence-electron chi connectivity index (χ2n) is 3.26. The molecule has 18 heavy (non-hydrogen) atoms. The summed E-state index contributed by atoms with van der Waals surface area (Å²) in [6.45, 7) is 3.17. The Kier molecular flexibility index (Phi) is 3.87. The Balaban J connectivity index is 2.14. The molecule has 0 fully saturated rings. The van der Waals surface area contributed by atoms with Crippen LogP contribution in [0.15, 0.2) is 10.9 Å². The van der Waals surface area contributed by atoms with Gasteiger partial charge in [-0.3, -0.25) is 0 Å². The molecular formula is C8H9BrN6O2S. The second-order valence-corrected chi connectivity index (χ2v) is 5.08. The first-order valence-electron chi connectivity index (χ1n) is 5.03. The Morgan fingerprint density at radius 1 is 1.67 bits per heavy atom. The molecule has 2 aromatic heterocycles. The molecule has 2 rings (SSSR count). The molecule has 2 heterocycles. The molecule has 2 aromatic rings. The number of aromatic nitrogens is 4. The third kappa shape index (κ3) is 2.82. The summed E-state index contributed by atoms with van der Waals surface area (Å²) in [6, 6.07) is 0. The van der Waals surface area contributed by atoms with Crippen molar-refractivity contribution in [3.05, 3.63) is 25.9 Å². The minimum atomic E-state index is -0.627. The molecule has 0 radical (unpaired) electrons. The fraction of sp³-hybridized carbons (Fsp3) is 0.375. The molecule has 10 heteroatoms. The van der Waals surface area contributed by atoms with Crippen molar-refractivity contribution < 1.29 is 4.92 Å². The average molecular weight is 333 g/mol. The van der Waals surface area contributed by atoms with Crippen molar-refractivity contribution in [1.82, 2.24) is 19.7 Å². The smallest absolute Gasteiger partial charge is 0.390 e. The van der Waals surface area contributed by atoms with Crippen LogP contribution in [0.2, 0.25) is 0 Å². The zero-order chi connectivity index (χ0) is 13.1. The van der Waals surface area contributed by atoms with Gasteiger partial charge in [-0.05, 0) is 16.8 Å². The van der Waals surface area contributed by atoms with Gasteiger partial charge < -0.3 is 15.4 Å². The molecule has 0 aromatic carbocycles. The number of anilines is 1. The number of hydrogen-bond acceptors (Lipinski definition) is 7. The fourth-order valence-corrected chi connectivity index (χ4v) is 2.48. The third-order valence-electron chi connectivity index (χ3n) is 1.97. The van der Waals surface area contributed by atoms with E-state index in [2.05, 4.69) is 36.3 Å². The van der Waals surface area contributed by atoms with E-state index in [-0.39, 0.29) is 0 Å². The lowest BCUT2D eigenvalue weighted by molar-refractivity contribution is -0.394. The number of nitrogens with zero attached hydrogens (tertiary/aromatic N) is 5. The molecule has 0 saturated carbocycles. The highest BCUT2D eigenvalue weighted by molar-refractivity contribution is 9.10. The lowest BCUT2D eigenvalue weighted by atomic mass is 10.5. The van der Waals surface area contributed by atoms with Crippen molar-refractivity contribution in [3.63, 3.8) is 0 Å². The first-order valence-corrected chi connectivity index (χ1v) is 6.64. The van der Waals surface area contributed by atoms with Gasteiger partial charge in [-0.15, -0.1) is 11.3 Å². The molecular weight excluding hydrogens is 324 g/mol. The molecule has 0 amide bonds. The SMILES string of the molecule is CCNc1ncc(Cn2nc([N+](=O)[O-])nc2Br)s1. The Bertz CT molecular complexity index is 568. The first kappa shape index (κ1) is 12.9. The predicted octanol–water partition coefficient (Wildman–Crippen LogP) is 1.89. The molecule has 0 saturated heterocycles. The Hall–Kier alpha value is -1.55. The molecule has 0 spiro atoms. The lowest BCUT2D eigenvalue weighted by Gasteiger charge is -1.94. The molecule has 8 nitrogen and oxygen atoms in total. The van der Waals surface area contributed by atoms with Crippen molar-refractivity contribution >= 4 is 38.3 Å². The van der Waals surface area contributed by atoms with Crippen LogP contribution in [0.4, 0.5) is 11.1 Å². The van der Waals surface area contributed by atoms with Crippen LogP contribution in [0.5, 0.6) is 0 Å². The normalized spacial score (nSPS) is 10.6. The van der Waals surface area contributed by atoms with Gasteiger partial charge in [0.25, 0.3) is 4.73 Å². The van der Waals surface area contributed by atoms with Gasteiger partial charge in [0.05, 0.1) is 6.54 Å². The van der Waals surface area contributed by atoms with Gasteiger partial charge in [0.2, 0.25) is 0 Å². The topological polar surface area (TPSA) is 98.8 Å². The zero-order valence-electron chi connectivity index (χ0n) is 9.33. The number of rotatable bonds is 5. The van der Waals surface area contributed by atoms with Crippen LogP contribution < -0.4 is 5.32 Å². The Morgan fingerprint density at radius 2 is 2.44 bits per heavy atom. The van der Waals surface area contributed by atoms with Crippen molar-refractivity contribution in [1.29, 1.82) is 0 Å². The van der Waals surface area contributed by atoms with Gasteiger partial charge in [-0.25, -0.2) is 4.98 Å². The number of halogens is 1. The van der Waals surface area contributed by atoms with E-state index in [9.17, 15) is 10.1 Å². The Morgan fingerprint density at radius 3 is 3.06 bits per heavy atom. The van der Waals surface area contributed by atoms with E-state index in [1.807, 2.05) is 6.92 Å². The van der Waals surface area contributed by atoms with Crippen molar-refractivity contribution in [2.24, 2.45) is 0 Å². The van der Waals surface area contributed by atoms with Gasteiger partial charge in [-0.2, -0.15) is 4.68 Å². The summed E-state index contributed by atoms with van der Waals surface area (Å²) >= 11 is 4.61. The third-order valence-corrected chi connectivity index (χ3v) is 3.49. The maximum absolute atomic E-state index is 10.5. The van der Waals surface area contributed by atoms with Gasteiger partial charge in [0.15, 0.2) is 5.13 Å². The zero-order valence-corrected chi connectivity index (χ0v) is 11.7. The summed E-state index contributed by atoms with van der Waals surface area (Å²) < 4.78 is 1.74. The fourth-order valence-electron chi connectivity index (χ4n) is 1.25. The second kappa shape index (κ2) is 5.40. The van der Waals surface area contributed by atoms with Crippen molar-refractivity contribution in [2.45, 2.75) is 13.5 Å². The monoisotopic (exact) mass is 332 g/mol. The van der Waals surface area contributed by atoms with E-state index in [4.69, 9.17) is 0 Å². The van der Waals surface area contributed by atoms with Crippen molar-refractivity contribution in [3.8, 4) is 0 Å². The summed E-state index contributed by atoms with van der Waals surface area (Å²) in [5.41, 5.74) is 0. The highest BCUT2D eigenvalue weighted by Crippen LogP contribution is 2.21. The van der Waals surface area contributed by atoms with Crippen LogP contribution in [0.25, 0.3) is 0 Å². The Labute approximate surface area is 114 Å². The molecule has 0 aliphatic carbocycles. The molecule has 1 N–H and O–H groups in total. The van der Waals surface area contributed by atoms with Crippen LogP contribution in [-0.4, -0.2) is 31.2 Å². The molecule has 0 atom stereocenters. The van der Waals surface area contributed by atoms with Crippen molar-refractivity contribution in [2.75, 3.05) is 11.9 Å². The average Bonchev–Trinajstić information content (AvgIpc) is 2.88. The highest BCUT2D eigenvalue weighted by Gasteiger charge is 2.20. The number of thiazole rings is 1. The van der Waals surface area contributed by atoms with Crippen LogP contribution in [0.3, 0.4) is 0 Å². The summed E-state index contributed by atoms with van der Waals surface area (Å²) in [5, 5.41) is 18.2. The standard InChI is InChI=1S/C8H9BrN6O2S/c1-2-10-8-11-3-5(18-8)4-14-6(9)12-7(13-14)15(16)17/h3H,2,4H2,1H3,(H,10,11). The van der Waals surface area contributed by atoms with E-state index in [1.165, 1.54) is 16.0 Å². The van der Waals surface area contributed by atoms with Crippen LogP contribution >= 0.6 is 27.3 Å². The van der Waals surface area contributed by atoms with E-state index in [0.717, 1.165) is 16.6 Å². The summed E-state index contributed by atoms with van der Waals surface area (Å²) in [7, 11) is 0. The van der Waals surface area contributed by atoms with Gasteiger partial charge in [0.1, 0.15) is 0 Å². The summed E-state index contributed by atoms with van der Waals surface area (Å²) in [6.07, 6.45) is 1.71. The minimum Gasteiger partial charge on any atom is -0.390 e. The minimum absolute atomic E-state index is 0.326. The maximum Gasteiger partial charge on any atom is 0.492 e. The lowest BCUT2D eigenvalue weighted by Crippen LogP contribution is -2.01. The van der Waals surface area contributed by atoms with Gasteiger partial charge in [-0.1, -0.05) is 0 Å². The summed E-state index contributed by atoms with van der Waals surface area (Å²) in [4.78, 5) is 18.7. The predicted molar refractivity (Wildman–Crippen MR) is 69.8 cm³/mol. The quantitative estimate of drug-likeness (QED) is 0.663. The van der Waals surface area contributed by atoms with E-state index < -0.39 is 10.9 Å². The highest BCUT2D eigenvalue weighted by atomic mass is 79.9. The van der Waals surface area contributed by atoms with Gasteiger partial charge in [0, 0.05) is 38.6 Å². The van der Waals surface area contributed by atoms with Crippen LogP contribution in [-0.2, 0) is 6.54 Å². The van der Waals surface area contributed by atoms with Gasteiger partial charge >= 0.3 is 5.95 Å². The first-order chi connectivity index (χ1) is 8.60. The van der Waals surface area contributed by atoms with E-state index >= 15 is 0 Å². The molecule has 0 bridgehead atoms. The largest absolute Gasteiger partial charge is 0.492 e. The van der Waals surface area contributed by atoms with Crippen LogP contribution in [0, 0.1) is 10.1 Å². The maximum atomic E-state index is 10.5. The molecule has 0 aliphatic rings. The number of hydrogen-bond donors (Lipinski definition) is 1. The molecule has 96 valence electrons. The summed E-state index contributed by atoms with van der Waals surface area (Å²) in [5.74, 6) is -0.418. The molecule has 0 aliphatic heterocycles. The van der Waals surface area contributed by atoms with Crippen LogP contribution in [0.1, 0.15) is 11.8 Å². The van der Waals surface area contributed by atoms with E-state index in [0.29, 0.717) is 11.3 Å².